The van der Waals surface area contributed by atoms with Gasteiger partial charge < -0.3 is 10.1 Å². The molecule has 0 spiro atoms. The lowest BCUT2D eigenvalue weighted by atomic mass is 10.1. The predicted molar refractivity (Wildman–Crippen MR) is 113 cm³/mol. The Morgan fingerprint density at radius 3 is 2.66 bits per heavy atom. The number of anilines is 1. The van der Waals surface area contributed by atoms with E-state index in [4.69, 9.17) is 4.74 Å². The van der Waals surface area contributed by atoms with E-state index in [1.807, 2.05) is 30.3 Å². The fraction of sp³-hybridized carbons (Fsp3) is 0.238. The van der Waals surface area contributed by atoms with Crippen LogP contribution in [0, 0.1) is 0 Å². The van der Waals surface area contributed by atoms with Gasteiger partial charge in [-0.3, -0.25) is 4.79 Å². The fourth-order valence-corrected chi connectivity index (χ4v) is 6.47. The van der Waals surface area contributed by atoms with E-state index in [1.165, 1.54) is 0 Å². The molecule has 2 heterocycles. The number of sulfone groups is 1. The number of nitrogens with one attached hydrogen (secondary N) is 1. The molecule has 0 bridgehead atoms. The SMILES string of the molecule is CCOC(=O)c1c(NC(=O)c2ccc3ccccc3c2)sc2c1CCS(=O)(=O)C2. The number of carbonyl (C=O) groups is 2. The Labute approximate surface area is 172 Å². The maximum atomic E-state index is 12.9. The van der Waals surface area contributed by atoms with Crippen molar-refractivity contribution in [3.63, 3.8) is 0 Å². The largest absolute Gasteiger partial charge is 0.462 e. The Hall–Kier alpha value is -2.71. The Kier molecular flexibility index (Phi) is 5.14. The van der Waals surface area contributed by atoms with E-state index in [0.29, 0.717) is 21.0 Å². The van der Waals surface area contributed by atoms with Crippen LogP contribution in [-0.4, -0.2) is 32.7 Å². The minimum atomic E-state index is -3.20. The molecule has 0 radical (unpaired) electrons. The summed E-state index contributed by atoms with van der Waals surface area (Å²) < 4.78 is 29.2. The number of benzene rings is 2. The summed E-state index contributed by atoms with van der Waals surface area (Å²) in [6, 6.07) is 13.1. The number of fused-ring (bicyclic) bond motifs is 2. The van der Waals surface area contributed by atoms with Crippen LogP contribution in [-0.2, 0) is 26.7 Å². The highest BCUT2D eigenvalue weighted by molar-refractivity contribution is 7.90. The van der Waals surface area contributed by atoms with E-state index < -0.39 is 15.8 Å². The minimum absolute atomic E-state index is 0.0127. The van der Waals surface area contributed by atoms with E-state index in [2.05, 4.69) is 5.32 Å². The Balaban J connectivity index is 1.70. The van der Waals surface area contributed by atoms with Gasteiger partial charge >= 0.3 is 5.97 Å². The third-order valence-corrected chi connectivity index (χ3v) is 7.71. The first-order valence-corrected chi connectivity index (χ1v) is 11.8. The minimum Gasteiger partial charge on any atom is -0.462 e. The molecule has 150 valence electrons. The molecular weight excluding hydrogens is 410 g/mol. The lowest BCUT2D eigenvalue weighted by Gasteiger charge is -2.13. The van der Waals surface area contributed by atoms with Crippen molar-refractivity contribution in [2.75, 3.05) is 17.7 Å². The number of esters is 1. The number of thiophene rings is 1. The topological polar surface area (TPSA) is 89.5 Å². The van der Waals surface area contributed by atoms with Gasteiger partial charge in [-0.25, -0.2) is 13.2 Å². The van der Waals surface area contributed by atoms with Crippen LogP contribution in [0.3, 0.4) is 0 Å². The normalized spacial score (nSPS) is 14.9. The van der Waals surface area contributed by atoms with E-state index in [9.17, 15) is 18.0 Å². The average Bonchev–Trinajstić information content (AvgIpc) is 3.03. The number of carbonyl (C=O) groups excluding carboxylic acids is 2. The molecule has 0 fully saturated rings. The predicted octanol–water partition coefficient (Wildman–Crippen LogP) is 3.80. The molecule has 1 aliphatic rings. The van der Waals surface area contributed by atoms with Crippen LogP contribution in [0.2, 0.25) is 0 Å². The zero-order valence-corrected chi connectivity index (χ0v) is 17.4. The Morgan fingerprint density at radius 2 is 1.90 bits per heavy atom. The van der Waals surface area contributed by atoms with Crippen LogP contribution in [0.25, 0.3) is 10.8 Å². The van der Waals surface area contributed by atoms with Gasteiger partial charge in [0.2, 0.25) is 0 Å². The van der Waals surface area contributed by atoms with Crippen molar-refractivity contribution in [3.05, 3.63) is 64.0 Å². The number of ether oxygens (including phenoxy) is 1. The molecule has 0 saturated carbocycles. The first-order chi connectivity index (χ1) is 13.9. The molecule has 8 heteroatoms. The standard InChI is InChI=1S/C21H19NO5S2/c1-2-27-21(24)18-16-9-10-29(25,26)12-17(16)28-20(18)22-19(23)15-8-7-13-5-3-4-6-14(13)11-15/h3-8,11H,2,9-10,12H2,1H3,(H,22,23). The molecule has 4 rings (SSSR count). The zero-order chi connectivity index (χ0) is 20.6. The zero-order valence-electron chi connectivity index (χ0n) is 15.7. The molecule has 3 aromatic rings. The van der Waals surface area contributed by atoms with Crippen molar-refractivity contribution in [1.29, 1.82) is 0 Å². The maximum absolute atomic E-state index is 12.9. The van der Waals surface area contributed by atoms with E-state index in [0.717, 1.165) is 22.1 Å². The van der Waals surface area contributed by atoms with Gasteiger partial charge in [-0.1, -0.05) is 30.3 Å². The van der Waals surface area contributed by atoms with Crippen LogP contribution in [0.5, 0.6) is 0 Å². The first kappa shape index (κ1) is 19.6. The van der Waals surface area contributed by atoms with Crippen molar-refractivity contribution in [1.82, 2.24) is 0 Å². The fourth-order valence-electron chi connectivity index (χ4n) is 3.44. The number of amides is 1. The molecule has 1 aliphatic heterocycles. The molecule has 1 aromatic heterocycles. The maximum Gasteiger partial charge on any atom is 0.341 e. The van der Waals surface area contributed by atoms with Crippen LogP contribution in [0.15, 0.2) is 42.5 Å². The summed E-state index contributed by atoms with van der Waals surface area (Å²) in [4.78, 5) is 26.0. The van der Waals surface area contributed by atoms with Gasteiger partial charge in [0.15, 0.2) is 9.84 Å². The molecule has 0 aliphatic carbocycles. The molecule has 1 N–H and O–H groups in total. The molecule has 0 unspecified atom stereocenters. The quantitative estimate of drug-likeness (QED) is 0.637. The van der Waals surface area contributed by atoms with Gasteiger partial charge in [0, 0.05) is 10.4 Å². The summed E-state index contributed by atoms with van der Waals surface area (Å²) in [7, 11) is -3.20. The number of rotatable bonds is 4. The van der Waals surface area contributed by atoms with Gasteiger partial charge in [0.1, 0.15) is 5.00 Å². The Morgan fingerprint density at radius 1 is 1.14 bits per heavy atom. The van der Waals surface area contributed by atoms with Crippen molar-refractivity contribution >= 4 is 48.8 Å². The summed E-state index contributed by atoms with van der Waals surface area (Å²) in [5.41, 5.74) is 1.39. The van der Waals surface area contributed by atoms with E-state index in [-0.39, 0.29) is 36.0 Å². The molecule has 2 aromatic carbocycles. The molecule has 29 heavy (non-hydrogen) atoms. The monoisotopic (exact) mass is 429 g/mol. The second-order valence-corrected chi connectivity index (χ2v) is 10.1. The van der Waals surface area contributed by atoms with Gasteiger partial charge in [0.05, 0.1) is 23.7 Å². The van der Waals surface area contributed by atoms with Crippen LogP contribution < -0.4 is 5.32 Å². The van der Waals surface area contributed by atoms with Crippen molar-refractivity contribution in [3.8, 4) is 0 Å². The second-order valence-electron chi connectivity index (χ2n) is 6.79. The smallest absolute Gasteiger partial charge is 0.341 e. The van der Waals surface area contributed by atoms with Gasteiger partial charge in [-0.2, -0.15) is 0 Å². The molecule has 6 nitrogen and oxygen atoms in total. The van der Waals surface area contributed by atoms with Gasteiger partial charge in [0.25, 0.3) is 5.91 Å². The highest BCUT2D eigenvalue weighted by Gasteiger charge is 2.32. The summed E-state index contributed by atoms with van der Waals surface area (Å²) in [5, 5.41) is 5.09. The van der Waals surface area contributed by atoms with Crippen LogP contribution in [0.4, 0.5) is 5.00 Å². The highest BCUT2D eigenvalue weighted by atomic mass is 32.2. The lowest BCUT2D eigenvalue weighted by Crippen LogP contribution is -2.20. The Bertz CT molecular complexity index is 1230. The lowest BCUT2D eigenvalue weighted by molar-refractivity contribution is 0.0527. The molecular formula is C21H19NO5S2. The third kappa shape index (κ3) is 3.90. The summed E-state index contributed by atoms with van der Waals surface area (Å²) in [6.07, 6.45) is 0.244. The summed E-state index contributed by atoms with van der Waals surface area (Å²) in [5.74, 6) is -1.03. The number of hydrogen-bond acceptors (Lipinski definition) is 6. The van der Waals surface area contributed by atoms with Crippen molar-refractivity contribution < 1.29 is 22.7 Å². The molecule has 0 atom stereocenters. The summed E-state index contributed by atoms with van der Waals surface area (Å²) in [6.45, 7) is 1.90. The summed E-state index contributed by atoms with van der Waals surface area (Å²) >= 11 is 1.13. The molecule has 0 saturated heterocycles. The second kappa shape index (κ2) is 7.61. The number of hydrogen-bond donors (Lipinski definition) is 1. The van der Waals surface area contributed by atoms with Crippen LogP contribution >= 0.6 is 11.3 Å². The first-order valence-electron chi connectivity index (χ1n) is 9.20. The van der Waals surface area contributed by atoms with Gasteiger partial charge in [-0.05, 0) is 41.8 Å². The average molecular weight is 430 g/mol. The van der Waals surface area contributed by atoms with Gasteiger partial charge in [-0.15, -0.1) is 11.3 Å². The van der Waals surface area contributed by atoms with Crippen LogP contribution in [0.1, 0.15) is 38.1 Å². The van der Waals surface area contributed by atoms with Crippen molar-refractivity contribution in [2.24, 2.45) is 0 Å². The van der Waals surface area contributed by atoms with Crippen molar-refractivity contribution in [2.45, 2.75) is 19.1 Å². The van der Waals surface area contributed by atoms with E-state index in [1.54, 1.807) is 19.1 Å². The van der Waals surface area contributed by atoms with E-state index >= 15 is 0 Å². The molecule has 1 amide bonds. The third-order valence-electron chi connectivity index (χ3n) is 4.82. The highest BCUT2D eigenvalue weighted by Crippen LogP contribution is 2.38.